The Kier molecular flexibility index (Phi) is 6.20. The summed E-state index contributed by atoms with van der Waals surface area (Å²) >= 11 is 1.25. The fourth-order valence-corrected chi connectivity index (χ4v) is 3.61. The zero-order valence-corrected chi connectivity index (χ0v) is 16.6. The van der Waals surface area contributed by atoms with E-state index in [1.54, 1.807) is 25.3 Å². The quantitative estimate of drug-likeness (QED) is 0.778. The van der Waals surface area contributed by atoms with E-state index < -0.39 is 5.25 Å². The van der Waals surface area contributed by atoms with Gasteiger partial charge in [0.2, 0.25) is 11.8 Å². The van der Waals surface area contributed by atoms with Crippen LogP contribution in [0.2, 0.25) is 0 Å². The summed E-state index contributed by atoms with van der Waals surface area (Å²) in [5.74, 6) is 0.596. The molecule has 146 valence electrons. The summed E-state index contributed by atoms with van der Waals surface area (Å²) in [5, 5.41) is 5.48. The number of hydrogen-bond donors (Lipinski definition) is 2. The molecule has 1 atom stereocenters. The molecule has 2 aromatic carbocycles. The number of anilines is 1. The van der Waals surface area contributed by atoms with Crippen molar-refractivity contribution in [2.75, 3.05) is 19.5 Å². The summed E-state index contributed by atoms with van der Waals surface area (Å²) in [6.07, 6.45) is 0.0394. The van der Waals surface area contributed by atoms with Gasteiger partial charge >= 0.3 is 0 Å². The summed E-state index contributed by atoms with van der Waals surface area (Å²) in [7, 11) is 3.07. The van der Waals surface area contributed by atoms with Crippen LogP contribution in [-0.4, -0.2) is 36.5 Å². The number of rotatable bonds is 6. The van der Waals surface area contributed by atoms with Crippen molar-refractivity contribution < 1.29 is 19.1 Å². The van der Waals surface area contributed by atoms with Crippen LogP contribution >= 0.6 is 11.8 Å². The van der Waals surface area contributed by atoms with Gasteiger partial charge in [0.1, 0.15) is 5.25 Å². The second-order valence-electron chi connectivity index (χ2n) is 6.17. The van der Waals surface area contributed by atoms with Crippen LogP contribution in [0.15, 0.2) is 47.5 Å². The molecule has 0 radical (unpaired) electrons. The summed E-state index contributed by atoms with van der Waals surface area (Å²) < 4.78 is 10.4. The lowest BCUT2D eigenvalue weighted by Gasteiger charge is -2.11. The van der Waals surface area contributed by atoms with Gasteiger partial charge in [0, 0.05) is 18.2 Å². The largest absolute Gasteiger partial charge is 0.493 e. The third kappa shape index (κ3) is 4.83. The van der Waals surface area contributed by atoms with Gasteiger partial charge in [-0.15, -0.1) is 0 Å². The van der Waals surface area contributed by atoms with E-state index in [0.29, 0.717) is 22.4 Å². The maximum atomic E-state index is 12.4. The Hall–Kier alpha value is -3.00. The van der Waals surface area contributed by atoms with Gasteiger partial charge in [0.05, 0.1) is 19.9 Å². The average Bonchev–Trinajstić information content (AvgIpc) is 3.02. The number of methoxy groups -OCH3 is 2. The molecule has 1 heterocycles. The van der Waals surface area contributed by atoms with Crippen molar-refractivity contribution in [2.24, 2.45) is 4.99 Å². The van der Waals surface area contributed by atoms with Gasteiger partial charge in [-0.25, -0.2) is 4.99 Å². The standard InChI is InChI=1S/C20H21N3O4S/c1-12-4-6-13(7-5-12)22-20-23-19(25)17(28-20)11-18(24)21-14-8-9-15(26-2)16(10-14)27-3/h4-10,17H,11H2,1-3H3,(H,21,24)(H,22,23,25)/t17-/m0/s1. The van der Waals surface area contributed by atoms with Crippen LogP contribution in [0.3, 0.4) is 0 Å². The molecular weight excluding hydrogens is 378 g/mol. The SMILES string of the molecule is COc1ccc(NC(=O)C[C@@H]2SC(=Nc3ccc(C)cc3)NC2=O)cc1OC. The lowest BCUT2D eigenvalue weighted by molar-refractivity contribution is -0.122. The van der Waals surface area contributed by atoms with Crippen LogP contribution in [0.4, 0.5) is 11.4 Å². The molecule has 0 unspecified atom stereocenters. The number of hydrogen-bond acceptors (Lipinski definition) is 6. The summed E-state index contributed by atoms with van der Waals surface area (Å²) in [5.41, 5.74) is 2.46. The first kappa shape index (κ1) is 19.8. The normalized spacial score (nSPS) is 17.3. The van der Waals surface area contributed by atoms with Gasteiger partial charge in [-0.3, -0.25) is 9.59 Å². The zero-order chi connectivity index (χ0) is 20.1. The highest BCUT2D eigenvalue weighted by Gasteiger charge is 2.32. The Morgan fingerprint density at radius 3 is 2.54 bits per heavy atom. The highest BCUT2D eigenvalue weighted by atomic mass is 32.2. The zero-order valence-electron chi connectivity index (χ0n) is 15.8. The molecule has 3 rings (SSSR count). The highest BCUT2D eigenvalue weighted by Crippen LogP contribution is 2.30. The maximum absolute atomic E-state index is 12.4. The molecule has 2 amide bonds. The summed E-state index contributed by atoms with van der Waals surface area (Å²) in [6, 6.07) is 12.8. The maximum Gasteiger partial charge on any atom is 0.240 e. The van der Waals surface area contributed by atoms with E-state index in [2.05, 4.69) is 15.6 Å². The number of benzene rings is 2. The second kappa shape index (κ2) is 8.79. The highest BCUT2D eigenvalue weighted by molar-refractivity contribution is 8.15. The molecule has 0 aromatic heterocycles. The van der Waals surface area contributed by atoms with E-state index in [1.807, 2.05) is 31.2 Å². The number of thioether (sulfide) groups is 1. The number of nitrogens with one attached hydrogen (secondary N) is 2. The van der Waals surface area contributed by atoms with Crippen molar-refractivity contribution in [3.05, 3.63) is 48.0 Å². The monoisotopic (exact) mass is 399 g/mol. The number of amidine groups is 1. The average molecular weight is 399 g/mol. The summed E-state index contributed by atoms with van der Waals surface area (Å²) in [4.78, 5) is 28.9. The molecule has 1 saturated heterocycles. The third-order valence-electron chi connectivity index (χ3n) is 4.08. The van der Waals surface area contributed by atoms with Crippen molar-refractivity contribution in [3.8, 4) is 11.5 Å². The number of amides is 2. The summed E-state index contributed by atoms with van der Waals surface area (Å²) in [6.45, 7) is 2.00. The van der Waals surface area contributed by atoms with Crippen LogP contribution < -0.4 is 20.1 Å². The van der Waals surface area contributed by atoms with E-state index in [0.717, 1.165) is 11.3 Å². The van der Waals surface area contributed by atoms with E-state index >= 15 is 0 Å². The molecule has 0 spiro atoms. The molecule has 7 nitrogen and oxygen atoms in total. The molecular formula is C20H21N3O4S. The van der Waals surface area contributed by atoms with Gasteiger partial charge in [-0.05, 0) is 31.2 Å². The predicted octanol–water partition coefficient (Wildman–Crippen LogP) is 3.26. The molecule has 1 fully saturated rings. The fourth-order valence-electron chi connectivity index (χ4n) is 2.62. The van der Waals surface area contributed by atoms with Crippen molar-refractivity contribution >= 4 is 40.1 Å². The third-order valence-corrected chi connectivity index (χ3v) is 5.16. The van der Waals surface area contributed by atoms with Crippen LogP contribution in [0.5, 0.6) is 11.5 Å². The Bertz CT molecular complexity index is 912. The second-order valence-corrected chi connectivity index (χ2v) is 7.36. The van der Waals surface area contributed by atoms with Crippen LogP contribution in [-0.2, 0) is 9.59 Å². The Balaban J connectivity index is 1.61. The molecule has 28 heavy (non-hydrogen) atoms. The van der Waals surface area contributed by atoms with E-state index in [1.165, 1.54) is 18.9 Å². The van der Waals surface area contributed by atoms with E-state index in [9.17, 15) is 9.59 Å². The van der Waals surface area contributed by atoms with Crippen LogP contribution in [0, 0.1) is 6.92 Å². The Labute approximate surface area is 167 Å². The first-order valence-electron chi connectivity index (χ1n) is 8.63. The van der Waals surface area contributed by atoms with Crippen molar-refractivity contribution in [1.29, 1.82) is 0 Å². The smallest absolute Gasteiger partial charge is 0.240 e. The first-order valence-corrected chi connectivity index (χ1v) is 9.51. The van der Waals surface area contributed by atoms with Crippen LogP contribution in [0.25, 0.3) is 0 Å². The number of nitrogens with zero attached hydrogens (tertiary/aromatic N) is 1. The first-order chi connectivity index (χ1) is 13.5. The minimum Gasteiger partial charge on any atom is -0.493 e. The minimum absolute atomic E-state index is 0.0394. The van der Waals surface area contributed by atoms with E-state index in [-0.39, 0.29) is 18.2 Å². The molecule has 0 saturated carbocycles. The lowest BCUT2D eigenvalue weighted by Crippen LogP contribution is -2.28. The molecule has 1 aliphatic heterocycles. The molecule has 8 heteroatoms. The van der Waals surface area contributed by atoms with Gasteiger partial charge in [0.25, 0.3) is 0 Å². The van der Waals surface area contributed by atoms with Gasteiger partial charge < -0.3 is 20.1 Å². The number of aryl methyl sites for hydroxylation is 1. The molecule has 2 aromatic rings. The topological polar surface area (TPSA) is 89.0 Å². The lowest BCUT2D eigenvalue weighted by atomic mass is 10.2. The van der Waals surface area contributed by atoms with Crippen molar-refractivity contribution in [2.45, 2.75) is 18.6 Å². The van der Waals surface area contributed by atoms with Crippen LogP contribution in [0.1, 0.15) is 12.0 Å². The van der Waals surface area contributed by atoms with Crippen molar-refractivity contribution in [3.63, 3.8) is 0 Å². The predicted molar refractivity (Wildman–Crippen MR) is 111 cm³/mol. The van der Waals surface area contributed by atoms with Gasteiger partial charge in [-0.2, -0.15) is 0 Å². The number of ether oxygens (including phenoxy) is 2. The molecule has 0 aliphatic carbocycles. The molecule has 2 N–H and O–H groups in total. The number of carbonyl (C=O) groups excluding carboxylic acids is 2. The Morgan fingerprint density at radius 1 is 1.14 bits per heavy atom. The van der Waals surface area contributed by atoms with E-state index in [4.69, 9.17) is 9.47 Å². The van der Waals surface area contributed by atoms with Gasteiger partial charge in [0.15, 0.2) is 16.7 Å². The molecule has 0 bridgehead atoms. The minimum atomic E-state index is -0.524. The molecule has 1 aliphatic rings. The number of carbonyl (C=O) groups is 2. The van der Waals surface area contributed by atoms with Crippen molar-refractivity contribution in [1.82, 2.24) is 5.32 Å². The Morgan fingerprint density at radius 2 is 1.86 bits per heavy atom. The van der Waals surface area contributed by atoms with Gasteiger partial charge in [-0.1, -0.05) is 29.5 Å². The fraction of sp³-hybridized carbons (Fsp3) is 0.250. The number of aliphatic imine (C=N–C) groups is 1.